The van der Waals surface area contributed by atoms with Gasteiger partial charge in [0.2, 0.25) is 0 Å². The number of nitrogens with one attached hydrogen (secondary N) is 1. The first-order valence-corrected chi connectivity index (χ1v) is 17.4. The average molecular weight is 620 g/mol. The van der Waals surface area contributed by atoms with Gasteiger partial charge in [0, 0.05) is 37.4 Å². The van der Waals surface area contributed by atoms with Crippen molar-refractivity contribution in [1.29, 1.82) is 0 Å². The topological polar surface area (TPSA) is 106 Å². The number of carbonyl (C=O) groups is 2. The molecule has 4 heterocycles. The van der Waals surface area contributed by atoms with Gasteiger partial charge in [-0.05, 0) is 69.6 Å². The third-order valence-electron chi connectivity index (χ3n) is 8.09. The van der Waals surface area contributed by atoms with Crippen molar-refractivity contribution in [2.75, 3.05) is 29.9 Å². The van der Waals surface area contributed by atoms with Crippen LogP contribution in [0, 0.1) is 0 Å². The Labute approximate surface area is 253 Å². The number of fused-ring (bicyclic) bond motifs is 1. The monoisotopic (exact) mass is 619 g/mol. The van der Waals surface area contributed by atoms with Gasteiger partial charge in [-0.15, -0.1) is 0 Å². The van der Waals surface area contributed by atoms with E-state index in [9.17, 15) is 18.4 Å². The summed E-state index contributed by atoms with van der Waals surface area (Å²) in [4.78, 5) is 37.6. The molecule has 2 amide bonds. The summed E-state index contributed by atoms with van der Waals surface area (Å²) in [6.07, 6.45) is -4.65. The maximum atomic E-state index is 14.1. The number of nitrogens with zero attached hydrogens (tertiary/aromatic N) is 4. The number of piperazine rings is 1. The van der Waals surface area contributed by atoms with Crippen LogP contribution >= 0.6 is 0 Å². The fourth-order valence-electron chi connectivity index (χ4n) is 4.75. The third kappa shape index (κ3) is 7.43. The lowest BCUT2D eigenvalue weighted by Crippen LogP contribution is -2.55. The van der Waals surface area contributed by atoms with Crippen molar-refractivity contribution < 1.29 is 32.3 Å². The number of halogens is 2. The SMILES string of the molecule is C[C@H]1CN(c2cc(CO[Si](C)(C)C(C)(C)C)cc(-c3ccnc4c3[C@H](C(F)F)OC(=O)N4)n2)CCN1C(=O)OC(C)(C)C. The second-order valence-corrected chi connectivity index (χ2v) is 18.5. The Morgan fingerprint density at radius 3 is 2.49 bits per heavy atom. The van der Waals surface area contributed by atoms with Crippen LogP contribution in [0.1, 0.15) is 65.7 Å². The number of rotatable bonds is 6. The number of aromatic nitrogens is 2. The Hall–Kier alpha value is -3.32. The highest BCUT2D eigenvalue weighted by Gasteiger charge is 2.39. The Bertz CT molecular complexity index is 1360. The van der Waals surface area contributed by atoms with Crippen LogP contribution in [0.2, 0.25) is 18.1 Å². The summed E-state index contributed by atoms with van der Waals surface area (Å²) in [6.45, 7) is 20.0. The fourth-order valence-corrected chi connectivity index (χ4v) is 5.71. The summed E-state index contributed by atoms with van der Waals surface area (Å²) in [5.41, 5.74) is 1.10. The molecule has 0 radical (unpaired) electrons. The van der Waals surface area contributed by atoms with E-state index in [2.05, 4.69) is 49.1 Å². The van der Waals surface area contributed by atoms with Crippen LogP contribution in [-0.2, 0) is 20.5 Å². The summed E-state index contributed by atoms with van der Waals surface area (Å²) >= 11 is 0. The number of amides is 2. The Morgan fingerprint density at radius 1 is 1.19 bits per heavy atom. The standard InChI is InChI=1S/C30H43F2N5O5Si/c1-18-16-36(12-13-37(18)28(39)42-29(2,3)4)22-15-19(17-40-43(8,9)30(5,6)7)14-21(34-22)20-10-11-33-26-23(20)24(25(31)32)41-27(38)35-26/h10-11,14-15,18,24-25H,12-13,16-17H2,1-9H3,(H,33,35,38)/t18-,24+/m0/s1. The molecule has 0 bridgehead atoms. The van der Waals surface area contributed by atoms with Crippen LogP contribution in [-0.4, -0.2) is 73.1 Å². The minimum atomic E-state index is -2.96. The number of cyclic esters (lactones) is 1. The van der Waals surface area contributed by atoms with Gasteiger partial charge < -0.3 is 23.7 Å². The van der Waals surface area contributed by atoms with Gasteiger partial charge in [-0.3, -0.25) is 5.32 Å². The van der Waals surface area contributed by atoms with Gasteiger partial charge in [-0.25, -0.2) is 28.3 Å². The number of hydrogen-bond acceptors (Lipinski definition) is 8. The molecule has 0 unspecified atom stereocenters. The summed E-state index contributed by atoms with van der Waals surface area (Å²) in [6, 6.07) is 5.21. The Morgan fingerprint density at radius 2 is 1.88 bits per heavy atom. The largest absolute Gasteiger partial charge is 0.444 e. The summed E-state index contributed by atoms with van der Waals surface area (Å²) in [5, 5.41) is 2.42. The van der Waals surface area contributed by atoms with Gasteiger partial charge >= 0.3 is 12.2 Å². The van der Waals surface area contributed by atoms with Crippen molar-refractivity contribution in [2.24, 2.45) is 0 Å². The molecular formula is C30H43F2N5O5Si. The van der Waals surface area contributed by atoms with E-state index >= 15 is 0 Å². The number of ether oxygens (including phenoxy) is 2. The van der Waals surface area contributed by atoms with Crippen molar-refractivity contribution >= 4 is 32.1 Å². The number of carbonyl (C=O) groups excluding carboxylic acids is 2. The van der Waals surface area contributed by atoms with E-state index < -0.39 is 32.5 Å². The molecule has 0 aliphatic carbocycles. The highest BCUT2D eigenvalue weighted by molar-refractivity contribution is 6.74. The number of pyridine rings is 2. The lowest BCUT2D eigenvalue weighted by molar-refractivity contribution is -0.0168. The maximum Gasteiger partial charge on any atom is 0.413 e. The van der Waals surface area contributed by atoms with Crippen LogP contribution in [0.5, 0.6) is 0 Å². The molecule has 43 heavy (non-hydrogen) atoms. The molecule has 0 spiro atoms. The molecule has 2 atom stereocenters. The molecule has 1 N–H and O–H groups in total. The predicted molar refractivity (Wildman–Crippen MR) is 163 cm³/mol. The van der Waals surface area contributed by atoms with Crippen molar-refractivity contribution in [3.05, 3.63) is 35.5 Å². The van der Waals surface area contributed by atoms with Crippen LogP contribution in [0.3, 0.4) is 0 Å². The molecular weight excluding hydrogens is 576 g/mol. The van der Waals surface area contributed by atoms with Crippen molar-refractivity contribution in [2.45, 2.75) is 97.4 Å². The van der Waals surface area contributed by atoms with Crippen LogP contribution in [0.25, 0.3) is 11.3 Å². The highest BCUT2D eigenvalue weighted by atomic mass is 28.4. The molecule has 0 aromatic carbocycles. The first kappa shape index (κ1) is 32.6. The molecule has 2 aliphatic heterocycles. The van der Waals surface area contributed by atoms with E-state index in [1.807, 2.05) is 39.8 Å². The smallest absolute Gasteiger partial charge is 0.413 e. The second-order valence-electron chi connectivity index (χ2n) is 13.6. The molecule has 10 nitrogen and oxygen atoms in total. The molecule has 0 saturated carbocycles. The third-order valence-corrected chi connectivity index (χ3v) is 12.6. The lowest BCUT2D eigenvalue weighted by atomic mass is 9.98. The minimum Gasteiger partial charge on any atom is -0.444 e. The van der Waals surface area contributed by atoms with Crippen molar-refractivity contribution in [1.82, 2.24) is 14.9 Å². The summed E-state index contributed by atoms with van der Waals surface area (Å²) in [7, 11) is -2.12. The van der Waals surface area contributed by atoms with Crippen LogP contribution < -0.4 is 10.2 Å². The zero-order chi connectivity index (χ0) is 31.9. The molecule has 236 valence electrons. The van der Waals surface area contributed by atoms with Gasteiger partial charge in [0.15, 0.2) is 14.4 Å². The maximum absolute atomic E-state index is 14.1. The Balaban J connectivity index is 1.73. The average Bonchev–Trinajstić information content (AvgIpc) is 2.89. The summed E-state index contributed by atoms with van der Waals surface area (Å²) in [5.74, 6) is 0.645. The molecule has 2 aliphatic rings. The van der Waals surface area contributed by atoms with Crippen molar-refractivity contribution in [3.8, 4) is 11.3 Å². The van der Waals surface area contributed by atoms with Crippen LogP contribution in [0.15, 0.2) is 24.4 Å². The Kier molecular flexibility index (Phi) is 9.08. The molecule has 13 heteroatoms. The second kappa shape index (κ2) is 12.0. The first-order chi connectivity index (χ1) is 19.9. The molecule has 1 saturated heterocycles. The summed E-state index contributed by atoms with van der Waals surface area (Å²) < 4.78 is 45.3. The predicted octanol–water partition coefficient (Wildman–Crippen LogP) is 6.98. The molecule has 4 rings (SSSR count). The van der Waals surface area contributed by atoms with Gasteiger partial charge in [0.05, 0.1) is 17.9 Å². The normalized spacial score (nSPS) is 19.6. The zero-order valence-electron chi connectivity index (χ0n) is 26.5. The van der Waals surface area contributed by atoms with E-state index in [-0.39, 0.29) is 28.6 Å². The van der Waals surface area contributed by atoms with Crippen LogP contribution in [0.4, 0.5) is 30.0 Å². The molecule has 1 fully saturated rings. The number of hydrogen-bond donors (Lipinski definition) is 1. The number of anilines is 2. The number of alkyl halides is 2. The van der Waals surface area contributed by atoms with E-state index in [4.69, 9.17) is 18.9 Å². The van der Waals surface area contributed by atoms with E-state index in [1.54, 1.807) is 11.0 Å². The van der Waals surface area contributed by atoms with Gasteiger partial charge in [-0.1, -0.05) is 20.8 Å². The fraction of sp³-hybridized carbons (Fsp3) is 0.600. The first-order valence-electron chi connectivity index (χ1n) is 14.5. The van der Waals surface area contributed by atoms with Gasteiger partial charge in [0.1, 0.15) is 17.2 Å². The minimum absolute atomic E-state index is 0.0106. The quantitative estimate of drug-likeness (QED) is 0.345. The zero-order valence-corrected chi connectivity index (χ0v) is 27.5. The van der Waals surface area contributed by atoms with E-state index in [0.717, 1.165) is 5.56 Å². The lowest BCUT2D eigenvalue weighted by Gasteiger charge is -2.41. The van der Waals surface area contributed by atoms with Gasteiger partial charge in [0.25, 0.3) is 6.43 Å². The van der Waals surface area contributed by atoms with E-state index in [0.29, 0.717) is 43.3 Å². The van der Waals surface area contributed by atoms with E-state index in [1.165, 1.54) is 6.20 Å². The highest BCUT2D eigenvalue weighted by Crippen LogP contribution is 2.41. The van der Waals surface area contributed by atoms with Gasteiger partial charge in [-0.2, -0.15) is 0 Å². The van der Waals surface area contributed by atoms with Crippen molar-refractivity contribution in [3.63, 3.8) is 0 Å². The molecule has 2 aromatic rings. The molecule has 2 aromatic heterocycles.